The molecular weight excluding hydrogens is 354 g/mol. The summed E-state index contributed by atoms with van der Waals surface area (Å²) in [6.45, 7) is 0.0640. The van der Waals surface area contributed by atoms with Gasteiger partial charge in [0, 0.05) is 11.3 Å². The molecule has 0 radical (unpaired) electrons. The van der Waals surface area contributed by atoms with E-state index in [0.29, 0.717) is 13.0 Å². The molecule has 1 aromatic carbocycles. The molecule has 9 heteroatoms. The molecule has 3 rings (SSSR count). The Bertz CT molecular complexity index is 798. The van der Waals surface area contributed by atoms with Crippen molar-refractivity contribution in [3.05, 3.63) is 30.3 Å². The molecule has 2 aromatic rings. The Balaban J connectivity index is 1.77. The fourth-order valence-electron chi connectivity index (χ4n) is 2.54. The quantitative estimate of drug-likeness (QED) is 0.797. The zero-order valence-electron chi connectivity index (χ0n) is 12.7. The van der Waals surface area contributed by atoms with Crippen LogP contribution in [0.4, 0.5) is 0 Å². The monoisotopic (exact) mass is 371 g/mol. The largest absolute Gasteiger partial charge is 0.480 e. The summed E-state index contributed by atoms with van der Waals surface area (Å²) in [5.74, 6) is -1.10. The normalized spacial score (nSPS) is 21.8. The van der Waals surface area contributed by atoms with E-state index in [1.54, 1.807) is 6.07 Å². The van der Waals surface area contributed by atoms with Crippen LogP contribution < -0.4 is 4.72 Å². The van der Waals surface area contributed by atoms with Crippen LogP contribution in [0, 0.1) is 0 Å². The van der Waals surface area contributed by atoms with Crippen LogP contribution in [0.15, 0.2) is 34.5 Å². The number of benzene rings is 1. The van der Waals surface area contributed by atoms with Crippen LogP contribution in [0.3, 0.4) is 0 Å². The van der Waals surface area contributed by atoms with Crippen molar-refractivity contribution < 1.29 is 27.8 Å². The van der Waals surface area contributed by atoms with E-state index < -0.39 is 34.7 Å². The van der Waals surface area contributed by atoms with Crippen LogP contribution >= 0.6 is 11.3 Å². The standard InChI is InChI=1S/C15H17NO6S2/c17-14(18)9-22-12-8-21-6-5-11(12)16-24(19,20)15-7-10-3-1-2-4-13(10)23-15/h1-4,7,11-12,16H,5-6,8-9H2,(H,17,18)/t11-,12-/m1/s1. The Morgan fingerprint density at radius 3 is 2.96 bits per heavy atom. The van der Waals surface area contributed by atoms with Gasteiger partial charge in [0.15, 0.2) is 0 Å². The number of hydrogen-bond donors (Lipinski definition) is 2. The third-order valence-corrected chi connectivity index (χ3v) is 6.78. The zero-order valence-corrected chi connectivity index (χ0v) is 14.3. The minimum Gasteiger partial charge on any atom is -0.480 e. The highest BCUT2D eigenvalue weighted by Gasteiger charge is 2.32. The van der Waals surface area contributed by atoms with Crippen molar-refractivity contribution in [2.45, 2.75) is 22.8 Å². The molecule has 2 heterocycles. The number of sulfonamides is 1. The van der Waals surface area contributed by atoms with Crippen LogP contribution in [-0.4, -0.2) is 51.5 Å². The van der Waals surface area contributed by atoms with Crippen molar-refractivity contribution in [1.82, 2.24) is 4.72 Å². The van der Waals surface area contributed by atoms with Gasteiger partial charge in [-0.2, -0.15) is 0 Å². The molecule has 1 aliphatic rings. The SMILES string of the molecule is O=C(O)CO[C@@H]1COCC[C@H]1NS(=O)(=O)c1cc2ccccc2s1. The summed E-state index contributed by atoms with van der Waals surface area (Å²) >= 11 is 1.20. The number of carbonyl (C=O) groups is 1. The van der Waals surface area contributed by atoms with E-state index in [1.165, 1.54) is 11.3 Å². The van der Waals surface area contributed by atoms with E-state index in [9.17, 15) is 13.2 Å². The zero-order chi connectivity index (χ0) is 17.2. The van der Waals surface area contributed by atoms with Gasteiger partial charge in [-0.05, 0) is 23.9 Å². The van der Waals surface area contributed by atoms with Crippen molar-refractivity contribution in [2.24, 2.45) is 0 Å². The number of fused-ring (bicyclic) bond motifs is 1. The molecular formula is C15H17NO6S2. The van der Waals surface area contributed by atoms with Gasteiger partial charge in [-0.3, -0.25) is 0 Å². The van der Waals surface area contributed by atoms with Crippen LogP contribution in [0.1, 0.15) is 6.42 Å². The van der Waals surface area contributed by atoms with Crippen LogP contribution in [0.5, 0.6) is 0 Å². The molecule has 7 nitrogen and oxygen atoms in total. The minimum absolute atomic E-state index is 0.160. The summed E-state index contributed by atoms with van der Waals surface area (Å²) < 4.78 is 39.5. The van der Waals surface area contributed by atoms with Crippen LogP contribution in [0.25, 0.3) is 10.1 Å². The van der Waals surface area contributed by atoms with Crippen molar-refractivity contribution in [1.29, 1.82) is 0 Å². The van der Waals surface area contributed by atoms with Gasteiger partial charge in [-0.25, -0.2) is 17.9 Å². The van der Waals surface area contributed by atoms with Crippen LogP contribution in [-0.2, 0) is 24.3 Å². The number of carboxylic acids is 1. The number of rotatable bonds is 6. The average molecular weight is 371 g/mol. The molecule has 2 N–H and O–H groups in total. The number of hydrogen-bond acceptors (Lipinski definition) is 6. The lowest BCUT2D eigenvalue weighted by atomic mass is 10.1. The first-order valence-electron chi connectivity index (χ1n) is 7.38. The minimum atomic E-state index is -3.71. The summed E-state index contributed by atoms with van der Waals surface area (Å²) in [6.07, 6.45) is -0.201. The fourth-order valence-corrected chi connectivity index (χ4v) is 5.25. The molecule has 0 amide bonds. The summed E-state index contributed by atoms with van der Waals surface area (Å²) in [7, 11) is -3.71. The highest BCUT2D eigenvalue weighted by Crippen LogP contribution is 2.29. The van der Waals surface area contributed by atoms with E-state index in [0.717, 1.165) is 10.1 Å². The Kier molecular flexibility index (Phi) is 5.16. The third kappa shape index (κ3) is 3.93. The molecule has 0 unspecified atom stereocenters. The molecule has 2 atom stereocenters. The smallest absolute Gasteiger partial charge is 0.329 e. The first kappa shape index (κ1) is 17.3. The number of carboxylic acid groups (broad SMARTS) is 1. The van der Waals surface area contributed by atoms with Crippen molar-refractivity contribution in [3.8, 4) is 0 Å². The molecule has 0 spiro atoms. The molecule has 0 saturated carbocycles. The summed E-state index contributed by atoms with van der Waals surface area (Å²) in [6, 6.07) is 8.55. The van der Waals surface area contributed by atoms with Gasteiger partial charge in [0.25, 0.3) is 0 Å². The van der Waals surface area contributed by atoms with Crippen molar-refractivity contribution in [3.63, 3.8) is 0 Å². The lowest BCUT2D eigenvalue weighted by Crippen LogP contribution is -2.50. The molecule has 0 bridgehead atoms. The van der Waals surface area contributed by atoms with Crippen LogP contribution in [0.2, 0.25) is 0 Å². The molecule has 24 heavy (non-hydrogen) atoms. The summed E-state index contributed by atoms with van der Waals surface area (Å²) in [5.41, 5.74) is 0. The Morgan fingerprint density at radius 2 is 2.21 bits per heavy atom. The lowest BCUT2D eigenvalue weighted by molar-refractivity contribution is -0.148. The number of aliphatic carboxylic acids is 1. The molecule has 1 saturated heterocycles. The van der Waals surface area contributed by atoms with Gasteiger partial charge < -0.3 is 14.6 Å². The number of thiophene rings is 1. The molecule has 130 valence electrons. The molecule has 0 aliphatic carbocycles. The van der Waals surface area contributed by atoms with E-state index >= 15 is 0 Å². The van der Waals surface area contributed by atoms with Gasteiger partial charge in [0.2, 0.25) is 10.0 Å². The average Bonchev–Trinajstić information content (AvgIpc) is 2.99. The predicted molar refractivity (Wildman–Crippen MR) is 88.7 cm³/mol. The maximum atomic E-state index is 12.6. The van der Waals surface area contributed by atoms with E-state index in [1.807, 2.05) is 24.3 Å². The maximum Gasteiger partial charge on any atom is 0.329 e. The van der Waals surface area contributed by atoms with Gasteiger partial charge in [0.05, 0.1) is 18.8 Å². The van der Waals surface area contributed by atoms with Crippen molar-refractivity contribution >= 4 is 37.4 Å². The Morgan fingerprint density at radius 1 is 1.42 bits per heavy atom. The summed E-state index contributed by atoms with van der Waals surface area (Å²) in [4.78, 5) is 10.7. The summed E-state index contributed by atoms with van der Waals surface area (Å²) in [5, 5.41) is 9.59. The van der Waals surface area contributed by atoms with E-state index in [4.69, 9.17) is 14.6 Å². The molecule has 1 fully saturated rings. The Hall–Kier alpha value is -1.52. The first-order chi connectivity index (χ1) is 11.5. The first-order valence-corrected chi connectivity index (χ1v) is 9.68. The van der Waals surface area contributed by atoms with Gasteiger partial charge in [-0.1, -0.05) is 18.2 Å². The van der Waals surface area contributed by atoms with E-state index in [2.05, 4.69) is 4.72 Å². The number of ether oxygens (including phenoxy) is 2. The van der Waals surface area contributed by atoms with Crippen molar-refractivity contribution in [2.75, 3.05) is 19.8 Å². The van der Waals surface area contributed by atoms with Gasteiger partial charge in [0.1, 0.15) is 10.8 Å². The number of nitrogens with one attached hydrogen (secondary N) is 1. The maximum absolute atomic E-state index is 12.6. The van der Waals surface area contributed by atoms with E-state index in [-0.39, 0.29) is 10.8 Å². The Labute approximate surface area is 143 Å². The second-order valence-electron chi connectivity index (χ2n) is 5.44. The lowest BCUT2D eigenvalue weighted by Gasteiger charge is -2.31. The van der Waals surface area contributed by atoms with Gasteiger partial charge in [-0.15, -0.1) is 11.3 Å². The predicted octanol–water partition coefficient (Wildman–Crippen LogP) is 1.44. The second-order valence-corrected chi connectivity index (χ2v) is 8.46. The highest BCUT2D eigenvalue weighted by atomic mass is 32.2. The molecule has 1 aliphatic heterocycles. The third-order valence-electron chi connectivity index (χ3n) is 3.70. The van der Waals surface area contributed by atoms with Gasteiger partial charge >= 0.3 is 5.97 Å². The highest BCUT2D eigenvalue weighted by molar-refractivity contribution is 7.91. The molecule has 1 aromatic heterocycles. The fraction of sp³-hybridized carbons (Fsp3) is 0.400. The second kappa shape index (κ2) is 7.16. The topological polar surface area (TPSA) is 102 Å².